The van der Waals surface area contributed by atoms with E-state index in [-0.39, 0.29) is 23.6 Å². The van der Waals surface area contributed by atoms with Gasteiger partial charge in [-0.15, -0.1) is 0 Å². The molecule has 1 fully saturated rings. The summed E-state index contributed by atoms with van der Waals surface area (Å²) >= 11 is 1.28. The second-order valence-electron chi connectivity index (χ2n) is 4.28. The number of ether oxygens (including phenoxy) is 3. The third kappa shape index (κ3) is 3.35. The summed E-state index contributed by atoms with van der Waals surface area (Å²) in [6.07, 6.45) is 0.314. The lowest BCUT2D eigenvalue weighted by atomic mass is 10.1. The number of carbonyl (C=O) groups is 4. The molecule has 0 aromatic rings. The third-order valence-corrected chi connectivity index (χ3v) is 3.99. The van der Waals surface area contributed by atoms with E-state index in [0.717, 1.165) is 0 Å². The molecule has 0 aromatic carbocycles. The second kappa shape index (κ2) is 6.17. The Balaban J connectivity index is 2.07. The van der Waals surface area contributed by atoms with E-state index in [2.05, 4.69) is 4.74 Å². The average Bonchev–Trinajstić information content (AvgIpc) is 2.68. The van der Waals surface area contributed by atoms with E-state index in [1.54, 1.807) is 0 Å². The average molecular weight is 315 g/mol. The summed E-state index contributed by atoms with van der Waals surface area (Å²) in [5.41, 5.74) is 0.0506. The van der Waals surface area contributed by atoms with Crippen molar-refractivity contribution in [3.63, 3.8) is 0 Å². The normalized spacial score (nSPS) is 19.8. The number of hydrogen-bond donors (Lipinski definition) is 0. The topological polar surface area (TPSA) is 99.2 Å². The molecule has 0 bridgehead atoms. The minimum Gasteiger partial charge on any atom is -0.460 e. The number of nitrogens with zero attached hydrogens (tertiary/aromatic N) is 1. The van der Waals surface area contributed by atoms with E-state index in [0.29, 0.717) is 11.3 Å². The van der Waals surface area contributed by atoms with Gasteiger partial charge in [0.05, 0.1) is 16.7 Å². The van der Waals surface area contributed by atoms with Crippen LogP contribution in [-0.2, 0) is 33.4 Å². The first-order valence-electron chi connectivity index (χ1n) is 6.06. The molecule has 1 amide bonds. The van der Waals surface area contributed by atoms with Crippen LogP contribution in [0, 0.1) is 0 Å². The number of esters is 3. The van der Waals surface area contributed by atoms with Crippen LogP contribution in [0.2, 0.25) is 0 Å². The minimum atomic E-state index is -0.790. The SMILES string of the molecule is CC(=O)OCOC(=O)C1=C(COC(C)=O)SC2CC(=O)N12. The number of fused-ring (bicyclic) bond motifs is 1. The summed E-state index contributed by atoms with van der Waals surface area (Å²) in [4.78, 5) is 46.8. The molecule has 114 valence electrons. The van der Waals surface area contributed by atoms with Crippen molar-refractivity contribution in [3.8, 4) is 0 Å². The van der Waals surface area contributed by atoms with Crippen molar-refractivity contribution in [2.45, 2.75) is 25.6 Å². The lowest BCUT2D eigenvalue weighted by molar-refractivity contribution is -0.166. The van der Waals surface area contributed by atoms with Crippen molar-refractivity contribution < 1.29 is 33.4 Å². The molecular formula is C12H13NO7S. The Bertz CT molecular complexity index is 542. The number of thioether (sulfide) groups is 1. The van der Waals surface area contributed by atoms with Crippen LogP contribution in [-0.4, -0.2) is 47.5 Å². The van der Waals surface area contributed by atoms with Gasteiger partial charge in [-0.1, -0.05) is 11.8 Å². The standard InChI is InChI=1S/C12H13NO7S/c1-6(14)18-4-8-11(12(17)20-5-19-7(2)15)13-9(16)3-10(13)21-8/h10H,3-5H2,1-2H3. The Kier molecular flexibility index (Phi) is 4.51. The van der Waals surface area contributed by atoms with Crippen LogP contribution in [0.25, 0.3) is 0 Å². The van der Waals surface area contributed by atoms with Crippen molar-refractivity contribution in [1.29, 1.82) is 0 Å². The highest BCUT2D eigenvalue weighted by molar-refractivity contribution is 8.04. The maximum Gasteiger partial charge on any atom is 0.358 e. The van der Waals surface area contributed by atoms with Crippen molar-refractivity contribution in [2.24, 2.45) is 0 Å². The Morgan fingerprint density at radius 2 is 1.86 bits per heavy atom. The summed E-state index contributed by atoms with van der Waals surface area (Å²) < 4.78 is 14.2. The predicted molar refractivity (Wildman–Crippen MR) is 69.2 cm³/mol. The van der Waals surface area contributed by atoms with E-state index in [1.165, 1.54) is 30.5 Å². The first-order chi connectivity index (χ1) is 9.90. The highest BCUT2D eigenvalue weighted by Gasteiger charge is 2.49. The van der Waals surface area contributed by atoms with Crippen LogP contribution >= 0.6 is 11.8 Å². The molecule has 2 aliphatic rings. The lowest BCUT2D eigenvalue weighted by Gasteiger charge is -2.34. The monoisotopic (exact) mass is 315 g/mol. The van der Waals surface area contributed by atoms with E-state index >= 15 is 0 Å². The predicted octanol–water partition coefficient (Wildman–Crippen LogP) is 0.130. The summed E-state index contributed by atoms with van der Waals surface area (Å²) in [5, 5.41) is -0.167. The molecule has 8 nitrogen and oxygen atoms in total. The second-order valence-corrected chi connectivity index (χ2v) is 5.55. The summed E-state index contributed by atoms with van der Waals surface area (Å²) in [6.45, 7) is 1.80. The van der Waals surface area contributed by atoms with Gasteiger partial charge in [0.15, 0.2) is 0 Å². The van der Waals surface area contributed by atoms with E-state index in [9.17, 15) is 19.2 Å². The zero-order valence-corrected chi connectivity index (χ0v) is 12.2. The quantitative estimate of drug-likeness (QED) is 0.401. The van der Waals surface area contributed by atoms with E-state index < -0.39 is 24.7 Å². The molecule has 2 rings (SSSR count). The zero-order chi connectivity index (χ0) is 15.6. The lowest BCUT2D eigenvalue weighted by Crippen LogP contribution is -2.48. The Morgan fingerprint density at radius 3 is 2.43 bits per heavy atom. The number of amides is 1. The van der Waals surface area contributed by atoms with Crippen molar-refractivity contribution in [3.05, 3.63) is 10.6 Å². The Morgan fingerprint density at radius 1 is 1.19 bits per heavy atom. The molecule has 0 spiro atoms. The minimum absolute atomic E-state index is 0.0506. The molecule has 1 atom stereocenters. The fraction of sp³-hybridized carbons (Fsp3) is 0.500. The highest BCUT2D eigenvalue weighted by Crippen LogP contribution is 2.46. The molecule has 0 saturated carbocycles. The van der Waals surface area contributed by atoms with Gasteiger partial charge in [-0.2, -0.15) is 0 Å². The number of rotatable bonds is 5. The van der Waals surface area contributed by atoms with Gasteiger partial charge in [0.2, 0.25) is 12.7 Å². The fourth-order valence-electron chi connectivity index (χ4n) is 1.82. The first kappa shape index (κ1) is 15.4. The van der Waals surface area contributed by atoms with Gasteiger partial charge in [0, 0.05) is 13.8 Å². The molecule has 2 heterocycles. The maximum atomic E-state index is 12.0. The summed E-state index contributed by atoms with van der Waals surface area (Å²) in [5.74, 6) is -2.07. The van der Waals surface area contributed by atoms with Gasteiger partial charge in [-0.05, 0) is 0 Å². The van der Waals surface area contributed by atoms with Gasteiger partial charge < -0.3 is 14.2 Å². The fourth-order valence-corrected chi connectivity index (χ4v) is 3.12. The van der Waals surface area contributed by atoms with Crippen molar-refractivity contribution in [1.82, 2.24) is 4.90 Å². The molecule has 0 aromatic heterocycles. The largest absolute Gasteiger partial charge is 0.460 e. The molecular weight excluding hydrogens is 302 g/mol. The van der Waals surface area contributed by atoms with Gasteiger partial charge in [-0.3, -0.25) is 19.3 Å². The number of β-lactam (4-membered cyclic amide) rings is 1. The van der Waals surface area contributed by atoms with Crippen LogP contribution < -0.4 is 0 Å². The molecule has 21 heavy (non-hydrogen) atoms. The van der Waals surface area contributed by atoms with Crippen LogP contribution in [0.5, 0.6) is 0 Å². The van der Waals surface area contributed by atoms with Crippen molar-refractivity contribution >= 4 is 35.6 Å². The molecule has 9 heteroatoms. The molecule has 2 aliphatic heterocycles. The Labute approximate surface area is 124 Å². The third-order valence-electron chi connectivity index (χ3n) is 2.74. The van der Waals surface area contributed by atoms with Gasteiger partial charge in [-0.25, -0.2) is 4.79 Å². The van der Waals surface area contributed by atoms with Gasteiger partial charge >= 0.3 is 17.9 Å². The highest BCUT2D eigenvalue weighted by atomic mass is 32.2. The van der Waals surface area contributed by atoms with Crippen molar-refractivity contribution in [2.75, 3.05) is 13.4 Å². The van der Waals surface area contributed by atoms with E-state index in [4.69, 9.17) is 9.47 Å². The number of carbonyl (C=O) groups excluding carboxylic acids is 4. The smallest absolute Gasteiger partial charge is 0.358 e. The van der Waals surface area contributed by atoms with Crippen LogP contribution in [0.3, 0.4) is 0 Å². The maximum absolute atomic E-state index is 12.0. The molecule has 0 radical (unpaired) electrons. The zero-order valence-electron chi connectivity index (χ0n) is 11.4. The molecule has 0 N–H and O–H groups in total. The Hall–Kier alpha value is -2.03. The van der Waals surface area contributed by atoms with Crippen LogP contribution in [0.4, 0.5) is 0 Å². The summed E-state index contributed by atoms with van der Waals surface area (Å²) in [6, 6.07) is 0. The van der Waals surface area contributed by atoms with Crippen LogP contribution in [0.1, 0.15) is 20.3 Å². The molecule has 1 saturated heterocycles. The molecule has 1 unspecified atom stereocenters. The van der Waals surface area contributed by atoms with E-state index in [1.807, 2.05) is 0 Å². The van der Waals surface area contributed by atoms with Gasteiger partial charge in [0.25, 0.3) is 0 Å². The summed E-state index contributed by atoms with van der Waals surface area (Å²) in [7, 11) is 0. The molecule has 0 aliphatic carbocycles. The number of hydrogen-bond acceptors (Lipinski definition) is 8. The first-order valence-corrected chi connectivity index (χ1v) is 6.94. The van der Waals surface area contributed by atoms with Crippen LogP contribution in [0.15, 0.2) is 10.6 Å². The van der Waals surface area contributed by atoms with Gasteiger partial charge in [0.1, 0.15) is 12.3 Å².